The molecular weight excluding hydrogens is 340 g/mol. The van der Waals surface area contributed by atoms with E-state index in [1.165, 1.54) is 11.3 Å². The monoisotopic (exact) mass is 366 g/mol. The van der Waals surface area contributed by atoms with Gasteiger partial charge in [-0.1, -0.05) is 13.3 Å². The third kappa shape index (κ3) is 4.70. The van der Waals surface area contributed by atoms with E-state index in [1.807, 2.05) is 15.2 Å². The second-order valence-electron chi connectivity index (χ2n) is 6.63. The van der Waals surface area contributed by atoms with Crippen molar-refractivity contribution in [2.75, 3.05) is 44.7 Å². The average molecular weight is 366 g/mol. The van der Waals surface area contributed by atoms with Crippen LogP contribution in [0.4, 0.5) is 9.93 Å². The fourth-order valence-electron chi connectivity index (χ4n) is 3.63. The maximum Gasteiger partial charge on any atom is 0.320 e. The van der Waals surface area contributed by atoms with E-state index in [4.69, 9.17) is 4.74 Å². The fraction of sp³-hybridized carbons (Fsp3) is 0.706. The SMILES string of the molecule is CC[C@H]1CN(C(=O)N2CCOCC2)CC[C@H]1CC(=O)Nc1nccs1. The molecule has 3 heterocycles. The zero-order valence-corrected chi connectivity index (χ0v) is 15.5. The minimum absolute atomic E-state index is 0.0198. The van der Waals surface area contributed by atoms with Crippen molar-refractivity contribution in [1.82, 2.24) is 14.8 Å². The summed E-state index contributed by atoms with van der Waals surface area (Å²) in [5.74, 6) is 0.700. The number of nitrogens with zero attached hydrogens (tertiary/aromatic N) is 3. The highest BCUT2D eigenvalue weighted by Gasteiger charge is 2.33. The van der Waals surface area contributed by atoms with Crippen LogP contribution in [0.3, 0.4) is 0 Å². The third-order valence-corrected chi connectivity index (χ3v) is 5.78. The molecule has 1 N–H and O–H groups in total. The van der Waals surface area contributed by atoms with Crippen molar-refractivity contribution >= 4 is 28.4 Å². The largest absolute Gasteiger partial charge is 0.378 e. The van der Waals surface area contributed by atoms with Crippen LogP contribution in [0.2, 0.25) is 0 Å². The van der Waals surface area contributed by atoms with E-state index in [2.05, 4.69) is 17.2 Å². The van der Waals surface area contributed by atoms with Crippen molar-refractivity contribution in [3.05, 3.63) is 11.6 Å². The normalized spacial score (nSPS) is 24.2. The highest BCUT2D eigenvalue weighted by Crippen LogP contribution is 2.30. The van der Waals surface area contributed by atoms with Gasteiger partial charge in [-0.2, -0.15) is 0 Å². The number of amides is 3. The number of hydrogen-bond acceptors (Lipinski definition) is 5. The van der Waals surface area contributed by atoms with Gasteiger partial charge in [0.25, 0.3) is 0 Å². The molecule has 8 heteroatoms. The number of carbonyl (C=O) groups is 2. The second-order valence-corrected chi connectivity index (χ2v) is 7.53. The van der Waals surface area contributed by atoms with Crippen LogP contribution < -0.4 is 5.32 Å². The number of urea groups is 1. The Morgan fingerprint density at radius 1 is 1.28 bits per heavy atom. The number of anilines is 1. The van der Waals surface area contributed by atoms with Gasteiger partial charge < -0.3 is 19.9 Å². The van der Waals surface area contributed by atoms with Crippen molar-refractivity contribution < 1.29 is 14.3 Å². The van der Waals surface area contributed by atoms with Crippen LogP contribution in [-0.4, -0.2) is 66.1 Å². The van der Waals surface area contributed by atoms with Crippen LogP contribution in [-0.2, 0) is 9.53 Å². The van der Waals surface area contributed by atoms with Gasteiger partial charge in [0.15, 0.2) is 5.13 Å². The minimum Gasteiger partial charge on any atom is -0.378 e. The Morgan fingerprint density at radius 2 is 2.08 bits per heavy atom. The molecule has 2 aliphatic heterocycles. The van der Waals surface area contributed by atoms with Crippen LogP contribution >= 0.6 is 11.3 Å². The molecular formula is C17H26N4O3S. The molecule has 3 amide bonds. The maximum atomic E-state index is 12.7. The summed E-state index contributed by atoms with van der Waals surface area (Å²) in [4.78, 5) is 32.8. The molecule has 3 rings (SSSR count). The third-order valence-electron chi connectivity index (χ3n) is 5.09. The zero-order chi connectivity index (χ0) is 17.6. The topological polar surface area (TPSA) is 74.8 Å². The summed E-state index contributed by atoms with van der Waals surface area (Å²) in [5.41, 5.74) is 0. The molecule has 0 radical (unpaired) electrons. The number of rotatable bonds is 4. The molecule has 2 atom stereocenters. The first-order valence-corrected chi connectivity index (χ1v) is 9.86. The molecule has 0 aromatic carbocycles. The molecule has 0 aliphatic carbocycles. The Hall–Kier alpha value is -1.67. The van der Waals surface area contributed by atoms with Gasteiger partial charge in [0.2, 0.25) is 5.91 Å². The fourth-order valence-corrected chi connectivity index (χ4v) is 4.18. The second kappa shape index (κ2) is 8.62. The van der Waals surface area contributed by atoms with E-state index in [9.17, 15) is 9.59 Å². The van der Waals surface area contributed by atoms with Gasteiger partial charge in [-0.05, 0) is 18.3 Å². The van der Waals surface area contributed by atoms with Gasteiger partial charge in [0.05, 0.1) is 13.2 Å². The van der Waals surface area contributed by atoms with Crippen molar-refractivity contribution in [2.45, 2.75) is 26.2 Å². The Kier molecular flexibility index (Phi) is 6.25. The Morgan fingerprint density at radius 3 is 2.76 bits per heavy atom. The molecule has 25 heavy (non-hydrogen) atoms. The first kappa shape index (κ1) is 18.1. The number of thiazole rings is 1. The van der Waals surface area contributed by atoms with Crippen LogP contribution in [0.15, 0.2) is 11.6 Å². The highest BCUT2D eigenvalue weighted by molar-refractivity contribution is 7.13. The summed E-state index contributed by atoms with van der Waals surface area (Å²) in [7, 11) is 0. The summed E-state index contributed by atoms with van der Waals surface area (Å²) in [5, 5.41) is 5.36. The first-order valence-electron chi connectivity index (χ1n) is 8.98. The number of morpholine rings is 1. The standard InChI is InChI=1S/C17H26N4O3S/c1-2-13-12-21(17(23)20-6-8-24-9-7-20)5-3-14(13)11-15(22)19-16-18-4-10-25-16/h4,10,13-14H,2-3,5-9,11-12H2,1H3,(H,18,19,22)/t13-,14-/m0/s1. The number of likely N-dealkylation sites (tertiary alicyclic amines) is 1. The molecule has 2 fully saturated rings. The summed E-state index contributed by atoms with van der Waals surface area (Å²) < 4.78 is 5.32. The number of ether oxygens (including phenoxy) is 1. The van der Waals surface area contributed by atoms with E-state index < -0.39 is 0 Å². The molecule has 138 valence electrons. The van der Waals surface area contributed by atoms with E-state index in [1.54, 1.807) is 6.20 Å². The molecule has 7 nitrogen and oxygen atoms in total. The predicted molar refractivity (Wildman–Crippen MR) is 96.6 cm³/mol. The number of carbonyl (C=O) groups excluding carboxylic acids is 2. The molecule has 1 aromatic heterocycles. The van der Waals surface area contributed by atoms with E-state index in [0.29, 0.717) is 49.7 Å². The maximum absolute atomic E-state index is 12.7. The van der Waals surface area contributed by atoms with Gasteiger partial charge >= 0.3 is 6.03 Å². The molecule has 2 saturated heterocycles. The van der Waals surface area contributed by atoms with Gasteiger partial charge in [-0.3, -0.25) is 4.79 Å². The van der Waals surface area contributed by atoms with Gasteiger partial charge in [0, 0.05) is 44.2 Å². The zero-order valence-electron chi connectivity index (χ0n) is 14.6. The van der Waals surface area contributed by atoms with E-state index >= 15 is 0 Å². The highest BCUT2D eigenvalue weighted by atomic mass is 32.1. The molecule has 0 bridgehead atoms. The van der Waals surface area contributed by atoms with Crippen LogP contribution in [0.5, 0.6) is 0 Å². The lowest BCUT2D eigenvalue weighted by Gasteiger charge is -2.41. The number of aromatic nitrogens is 1. The molecule has 2 aliphatic rings. The first-order chi connectivity index (χ1) is 12.2. The molecule has 0 unspecified atom stereocenters. The molecule has 0 saturated carbocycles. The molecule has 0 spiro atoms. The van der Waals surface area contributed by atoms with Gasteiger partial charge in [-0.25, -0.2) is 9.78 Å². The lowest BCUT2D eigenvalue weighted by atomic mass is 9.81. The summed E-state index contributed by atoms with van der Waals surface area (Å²) in [6.45, 7) is 6.19. The predicted octanol–water partition coefficient (Wildman–Crippen LogP) is 2.27. The van der Waals surface area contributed by atoms with Crippen LogP contribution in [0.1, 0.15) is 26.2 Å². The van der Waals surface area contributed by atoms with Gasteiger partial charge in [0.1, 0.15) is 0 Å². The lowest BCUT2D eigenvalue weighted by Crippen LogP contribution is -2.52. The summed E-state index contributed by atoms with van der Waals surface area (Å²) in [6.07, 6.45) is 4.03. The summed E-state index contributed by atoms with van der Waals surface area (Å²) in [6, 6.07) is 0.118. The summed E-state index contributed by atoms with van der Waals surface area (Å²) >= 11 is 1.43. The lowest BCUT2D eigenvalue weighted by molar-refractivity contribution is -0.117. The Balaban J connectivity index is 1.52. The van der Waals surface area contributed by atoms with Crippen LogP contribution in [0, 0.1) is 11.8 Å². The van der Waals surface area contributed by atoms with E-state index in [-0.39, 0.29) is 11.9 Å². The molecule has 1 aromatic rings. The van der Waals surface area contributed by atoms with Crippen molar-refractivity contribution in [2.24, 2.45) is 11.8 Å². The number of piperidine rings is 1. The van der Waals surface area contributed by atoms with Crippen molar-refractivity contribution in [1.29, 1.82) is 0 Å². The van der Waals surface area contributed by atoms with Gasteiger partial charge in [-0.15, -0.1) is 11.3 Å². The number of nitrogens with one attached hydrogen (secondary N) is 1. The van der Waals surface area contributed by atoms with Crippen molar-refractivity contribution in [3.8, 4) is 0 Å². The minimum atomic E-state index is 0.0198. The van der Waals surface area contributed by atoms with E-state index in [0.717, 1.165) is 25.9 Å². The van der Waals surface area contributed by atoms with Crippen molar-refractivity contribution in [3.63, 3.8) is 0 Å². The number of hydrogen-bond donors (Lipinski definition) is 1. The smallest absolute Gasteiger partial charge is 0.320 e. The average Bonchev–Trinajstić information content (AvgIpc) is 3.15. The Labute approximate surface area is 152 Å². The van der Waals surface area contributed by atoms with Crippen LogP contribution in [0.25, 0.3) is 0 Å². The quantitative estimate of drug-likeness (QED) is 0.887. The Bertz CT molecular complexity index is 574.